The van der Waals surface area contributed by atoms with Gasteiger partial charge >= 0.3 is 0 Å². The van der Waals surface area contributed by atoms with Crippen LogP contribution in [0.5, 0.6) is 0 Å². The van der Waals surface area contributed by atoms with Crippen molar-refractivity contribution in [2.24, 2.45) is 5.92 Å². The van der Waals surface area contributed by atoms with Crippen LogP contribution in [0.4, 0.5) is 5.69 Å². The molecule has 3 N–H and O–H groups in total. The maximum absolute atomic E-state index is 11.7. The number of rotatable bonds is 6. The highest BCUT2D eigenvalue weighted by Gasteiger charge is 2.20. The number of nitrogens with zero attached hydrogens (tertiary/aromatic N) is 1. The van der Waals surface area contributed by atoms with Crippen LogP contribution in [-0.4, -0.2) is 30.6 Å². The van der Waals surface area contributed by atoms with Gasteiger partial charge in [0, 0.05) is 31.2 Å². The predicted octanol–water partition coefficient (Wildman–Crippen LogP) is 0.820. The standard InChI is InChI=1S/C12H17N3O2/c13-11-3-4-14-7-10(11)12(16)15-5-6-17-8-9-1-2-9/h3-4,7,9H,1-2,5-6,8H2,(H2,13,14)(H,15,16). The average molecular weight is 235 g/mol. The Labute approximate surface area is 100 Å². The van der Waals surface area contributed by atoms with E-state index in [1.54, 1.807) is 12.3 Å². The molecule has 0 unspecified atom stereocenters. The van der Waals surface area contributed by atoms with Crippen LogP contribution in [-0.2, 0) is 4.74 Å². The number of amides is 1. The Morgan fingerprint density at radius 1 is 1.59 bits per heavy atom. The summed E-state index contributed by atoms with van der Waals surface area (Å²) < 4.78 is 5.41. The van der Waals surface area contributed by atoms with E-state index in [-0.39, 0.29) is 5.91 Å². The molecule has 0 spiro atoms. The Morgan fingerprint density at radius 2 is 2.41 bits per heavy atom. The Balaban J connectivity index is 1.67. The van der Waals surface area contributed by atoms with E-state index >= 15 is 0 Å². The van der Waals surface area contributed by atoms with Crippen molar-refractivity contribution in [2.75, 3.05) is 25.5 Å². The van der Waals surface area contributed by atoms with Crippen molar-refractivity contribution < 1.29 is 9.53 Å². The minimum Gasteiger partial charge on any atom is -0.398 e. The number of carbonyl (C=O) groups excluding carboxylic acids is 1. The number of hydrogen-bond donors (Lipinski definition) is 2. The van der Waals surface area contributed by atoms with Gasteiger partial charge in [0.15, 0.2) is 0 Å². The summed E-state index contributed by atoms with van der Waals surface area (Å²) in [6.07, 6.45) is 5.58. The van der Waals surface area contributed by atoms with E-state index in [9.17, 15) is 4.79 Å². The van der Waals surface area contributed by atoms with Gasteiger partial charge in [-0.2, -0.15) is 0 Å². The van der Waals surface area contributed by atoms with Crippen molar-refractivity contribution in [3.8, 4) is 0 Å². The van der Waals surface area contributed by atoms with Gasteiger partial charge in [0.2, 0.25) is 0 Å². The van der Waals surface area contributed by atoms with Gasteiger partial charge in [-0.05, 0) is 24.8 Å². The number of nitrogen functional groups attached to an aromatic ring is 1. The number of ether oxygens (including phenoxy) is 1. The van der Waals surface area contributed by atoms with E-state index in [1.807, 2.05) is 0 Å². The zero-order valence-electron chi connectivity index (χ0n) is 9.69. The molecule has 0 aromatic carbocycles. The third-order valence-electron chi connectivity index (χ3n) is 2.68. The molecule has 1 aliphatic carbocycles. The molecule has 0 radical (unpaired) electrons. The molecule has 1 aromatic heterocycles. The third-order valence-corrected chi connectivity index (χ3v) is 2.68. The first-order chi connectivity index (χ1) is 8.27. The number of carbonyl (C=O) groups is 1. The number of aromatic nitrogens is 1. The van der Waals surface area contributed by atoms with Crippen molar-refractivity contribution in [1.82, 2.24) is 10.3 Å². The maximum Gasteiger partial charge on any atom is 0.255 e. The average Bonchev–Trinajstić information content (AvgIpc) is 3.13. The molecule has 1 amide bonds. The summed E-state index contributed by atoms with van der Waals surface area (Å²) in [5.41, 5.74) is 6.52. The lowest BCUT2D eigenvalue weighted by Gasteiger charge is -2.07. The van der Waals surface area contributed by atoms with Crippen molar-refractivity contribution in [1.29, 1.82) is 0 Å². The van der Waals surface area contributed by atoms with Crippen LogP contribution >= 0.6 is 0 Å². The summed E-state index contributed by atoms with van der Waals surface area (Å²) in [6, 6.07) is 1.61. The van der Waals surface area contributed by atoms with Crippen LogP contribution < -0.4 is 11.1 Å². The molecular formula is C12H17N3O2. The van der Waals surface area contributed by atoms with Gasteiger partial charge in [-0.15, -0.1) is 0 Å². The molecule has 0 aliphatic heterocycles. The summed E-state index contributed by atoms with van der Waals surface area (Å²) in [4.78, 5) is 15.6. The molecule has 17 heavy (non-hydrogen) atoms. The molecule has 5 heteroatoms. The van der Waals surface area contributed by atoms with Gasteiger partial charge in [0.1, 0.15) is 0 Å². The van der Waals surface area contributed by atoms with E-state index in [2.05, 4.69) is 10.3 Å². The highest BCUT2D eigenvalue weighted by molar-refractivity contribution is 5.98. The van der Waals surface area contributed by atoms with Crippen LogP contribution in [0.15, 0.2) is 18.5 Å². The van der Waals surface area contributed by atoms with E-state index in [0.29, 0.717) is 24.4 Å². The normalized spacial score (nSPS) is 14.6. The van der Waals surface area contributed by atoms with E-state index in [1.165, 1.54) is 19.0 Å². The van der Waals surface area contributed by atoms with E-state index in [4.69, 9.17) is 10.5 Å². The highest BCUT2D eigenvalue weighted by Crippen LogP contribution is 2.28. The van der Waals surface area contributed by atoms with Crippen LogP contribution in [0.25, 0.3) is 0 Å². The van der Waals surface area contributed by atoms with Crippen molar-refractivity contribution >= 4 is 11.6 Å². The summed E-state index contributed by atoms with van der Waals surface area (Å²) in [7, 11) is 0. The fourth-order valence-corrected chi connectivity index (χ4v) is 1.46. The Morgan fingerprint density at radius 3 is 3.12 bits per heavy atom. The molecule has 1 aromatic rings. The summed E-state index contributed by atoms with van der Waals surface area (Å²) >= 11 is 0. The maximum atomic E-state index is 11.7. The lowest BCUT2D eigenvalue weighted by molar-refractivity contribution is 0.0907. The second-order valence-corrected chi connectivity index (χ2v) is 4.24. The third kappa shape index (κ3) is 3.71. The lowest BCUT2D eigenvalue weighted by atomic mass is 10.2. The second-order valence-electron chi connectivity index (χ2n) is 4.24. The molecule has 0 atom stereocenters. The monoisotopic (exact) mass is 235 g/mol. The Kier molecular flexibility index (Phi) is 3.93. The molecule has 2 rings (SSSR count). The first-order valence-electron chi connectivity index (χ1n) is 5.83. The van der Waals surface area contributed by atoms with Crippen LogP contribution in [0.3, 0.4) is 0 Å². The zero-order valence-corrected chi connectivity index (χ0v) is 9.69. The largest absolute Gasteiger partial charge is 0.398 e. The quantitative estimate of drug-likeness (QED) is 0.716. The zero-order chi connectivity index (χ0) is 12.1. The number of nitrogens with two attached hydrogens (primary N) is 1. The fraction of sp³-hybridized carbons (Fsp3) is 0.500. The van der Waals surface area contributed by atoms with Gasteiger partial charge in [0.25, 0.3) is 5.91 Å². The van der Waals surface area contributed by atoms with E-state index in [0.717, 1.165) is 12.5 Å². The molecule has 1 saturated carbocycles. The first kappa shape index (κ1) is 11.9. The minimum atomic E-state index is -0.203. The summed E-state index contributed by atoms with van der Waals surface area (Å²) in [5, 5.41) is 2.75. The van der Waals surface area contributed by atoms with Crippen LogP contribution in [0.2, 0.25) is 0 Å². The topological polar surface area (TPSA) is 77.2 Å². The predicted molar refractivity (Wildman–Crippen MR) is 64.5 cm³/mol. The Hall–Kier alpha value is -1.62. The van der Waals surface area contributed by atoms with Gasteiger partial charge in [-0.25, -0.2) is 0 Å². The molecule has 1 heterocycles. The summed E-state index contributed by atoms with van der Waals surface area (Å²) in [5.74, 6) is 0.547. The van der Waals surface area contributed by atoms with Gasteiger partial charge in [-0.1, -0.05) is 0 Å². The van der Waals surface area contributed by atoms with Gasteiger partial charge in [0.05, 0.1) is 12.2 Å². The molecule has 0 bridgehead atoms. The minimum absolute atomic E-state index is 0.203. The molecule has 92 valence electrons. The summed E-state index contributed by atoms with van der Waals surface area (Å²) in [6.45, 7) is 1.85. The highest BCUT2D eigenvalue weighted by atomic mass is 16.5. The number of anilines is 1. The van der Waals surface area contributed by atoms with Crippen molar-refractivity contribution in [3.05, 3.63) is 24.0 Å². The lowest BCUT2D eigenvalue weighted by Crippen LogP contribution is -2.28. The van der Waals surface area contributed by atoms with E-state index < -0.39 is 0 Å². The molecular weight excluding hydrogens is 218 g/mol. The van der Waals surface area contributed by atoms with Gasteiger partial charge in [-0.3, -0.25) is 9.78 Å². The molecule has 1 fully saturated rings. The van der Waals surface area contributed by atoms with Gasteiger partial charge < -0.3 is 15.8 Å². The van der Waals surface area contributed by atoms with Crippen LogP contribution in [0.1, 0.15) is 23.2 Å². The SMILES string of the molecule is Nc1ccncc1C(=O)NCCOCC1CC1. The molecule has 5 nitrogen and oxygen atoms in total. The smallest absolute Gasteiger partial charge is 0.255 e. The fourth-order valence-electron chi connectivity index (χ4n) is 1.46. The Bertz CT molecular complexity index is 391. The molecule has 1 aliphatic rings. The number of hydrogen-bond acceptors (Lipinski definition) is 4. The molecule has 0 saturated heterocycles. The van der Waals surface area contributed by atoms with Crippen molar-refractivity contribution in [3.63, 3.8) is 0 Å². The number of nitrogens with one attached hydrogen (secondary N) is 1. The second kappa shape index (κ2) is 5.63. The van der Waals surface area contributed by atoms with Crippen molar-refractivity contribution in [2.45, 2.75) is 12.8 Å². The first-order valence-corrected chi connectivity index (χ1v) is 5.83. The number of pyridine rings is 1. The van der Waals surface area contributed by atoms with Crippen LogP contribution in [0, 0.1) is 5.92 Å².